The van der Waals surface area contributed by atoms with E-state index in [1.165, 1.54) is 11.6 Å². The Morgan fingerprint density at radius 2 is 2.22 bits per heavy atom. The highest BCUT2D eigenvalue weighted by atomic mass is 19.1. The monoisotopic (exact) mass is 317 g/mol. The van der Waals surface area contributed by atoms with Gasteiger partial charge in [-0.3, -0.25) is 9.58 Å². The Labute approximate surface area is 136 Å². The molecule has 1 aromatic heterocycles. The molecule has 0 spiro atoms. The van der Waals surface area contributed by atoms with Crippen molar-refractivity contribution >= 4 is 0 Å². The lowest BCUT2D eigenvalue weighted by Gasteiger charge is -2.35. The summed E-state index contributed by atoms with van der Waals surface area (Å²) >= 11 is 0. The quantitative estimate of drug-likeness (QED) is 0.921. The van der Waals surface area contributed by atoms with Crippen molar-refractivity contribution in [3.8, 4) is 0 Å². The minimum Gasteiger partial charge on any atom is -0.391 e. The van der Waals surface area contributed by atoms with Gasteiger partial charge in [-0.15, -0.1) is 0 Å². The average Bonchev–Trinajstić information content (AvgIpc) is 2.98. The van der Waals surface area contributed by atoms with E-state index in [-0.39, 0.29) is 17.8 Å². The Kier molecular flexibility index (Phi) is 5.08. The van der Waals surface area contributed by atoms with Crippen LogP contribution in [0.3, 0.4) is 0 Å². The van der Waals surface area contributed by atoms with Crippen LogP contribution < -0.4 is 0 Å². The van der Waals surface area contributed by atoms with Gasteiger partial charge in [0, 0.05) is 31.4 Å². The van der Waals surface area contributed by atoms with Gasteiger partial charge in [-0.05, 0) is 49.9 Å². The predicted octanol–water partition coefficient (Wildman–Crippen LogP) is 2.47. The van der Waals surface area contributed by atoms with Crippen LogP contribution in [-0.4, -0.2) is 39.0 Å². The van der Waals surface area contributed by atoms with Crippen molar-refractivity contribution < 1.29 is 9.50 Å². The molecule has 0 amide bonds. The molecule has 1 saturated heterocycles. The number of aliphatic hydroxyl groups is 1. The van der Waals surface area contributed by atoms with Crippen LogP contribution in [0.5, 0.6) is 0 Å². The predicted molar refractivity (Wildman–Crippen MR) is 87.4 cm³/mol. The van der Waals surface area contributed by atoms with E-state index < -0.39 is 0 Å². The molecule has 0 unspecified atom stereocenters. The highest BCUT2D eigenvalue weighted by Crippen LogP contribution is 2.23. The second-order valence-corrected chi connectivity index (χ2v) is 6.39. The fourth-order valence-corrected chi connectivity index (χ4v) is 3.31. The van der Waals surface area contributed by atoms with Gasteiger partial charge in [0.15, 0.2) is 0 Å². The third kappa shape index (κ3) is 4.18. The van der Waals surface area contributed by atoms with Gasteiger partial charge in [-0.2, -0.15) is 5.10 Å². The lowest BCUT2D eigenvalue weighted by molar-refractivity contribution is 0.0187. The number of aromatic nitrogens is 2. The number of nitrogens with zero attached hydrogens (tertiary/aromatic N) is 3. The summed E-state index contributed by atoms with van der Waals surface area (Å²) in [6.07, 6.45) is 5.26. The van der Waals surface area contributed by atoms with Crippen molar-refractivity contribution in [2.24, 2.45) is 5.92 Å². The molecule has 0 bridgehead atoms. The van der Waals surface area contributed by atoms with Crippen LogP contribution in [-0.2, 0) is 19.5 Å². The van der Waals surface area contributed by atoms with Gasteiger partial charge >= 0.3 is 0 Å². The van der Waals surface area contributed by atoms with Gasteiger partial charge in [0.05, 0.1) is 12.3 Å². The molecule has 1 aromatic carbocycles. The van der Waals surface area contributed by atoms with E-state index in [2.05, 4.69) is 23.1 Å². The number of aliphatic hydroxyl groups excluding tert-OH is 1. The van der Waals surface area contributed by atoms with Crippen LogP contribution in [0.2, 0.25) is 0 Å². The molecule has 5 heteroatoms. The molecule has 23 heavy (non-hydrogen) atoms. The second kappa shape index (κ2) is 7.23. The van der Waals surface area contributed by atoms with Gasteiger partial charge in [0.2, 0.25) is 0 Å². The van der Waals surface area contributed by atoms with Gasteiger partial charge in [-0.1, -0.05) is 12.1 Å². The van der Waals surface area contributed by atoms with Crippen LogP contribution in [0, 0.1) is 11.7 Å². The summed E-state index contributed by atoms with van der Waals surface area (Å²) in [6, 6.07) is 6.69. The summed E-state index contributed by atoms with van der Waals surface area (Å²) in [5.41, 5.74) is 2.15. The first-order valence-electron chi connectivity index (χ1n) is 8.30. The lowest BCUT2D eigenvalue weighted by Crippen LogP contribution is -2.44. The average molecular weight is 317 g/mol. The summed E-state index contributed by atoms with van der Waals surface area (Å²) in [5, 5.41) is 14.7. The number of rotatable bonds is 5. The maximum Gasteiger partial charge on any atom is 0.123 e. The number of benzene rings is 1. The molecular formula is C18H24FN3O. The standard InChI is InChI=1S/C18H24FN3O/c1-2-22-12-15(10-20-22)11-21-7-6-16(18(23)13-21)8-14-4-3-5-17(19)9-14/h3-5,9-10,12,16,18,23H,2,6-8,11,13H2,1H3/t16-,18-/m1/s1. The second-order valence-electron chi connectivity index (χ2n) is 6.39. The summed E-state index contributed by atoms with van der Waals surface area (Å²) in [4.78, 5) is 2.27. The van der Waals surface area contributed by atoms with E-state index in [9.17, 15) is 9.50 Å². The fraction of sp³-hybridized carbons (Fsp3) is 0.500. The third-order valence-corrected chi connectivity index (χ3v) is 4.61. The third-order valence-electron chi connectivity index (χ3n) is 4.61. The topological polar surface area (TPSA) is 41.3 Å². The zero-order valence-electron chi connectivity index (χ0n) is 13.5. The lowest BCUT2D eigenvalue weighted by atomic mass is 9.87. The summed E-state index contributed by atoms with van der Waals surface area (Å²) in [6.45, 7) is 5.38. The van der Waals surface area contributed by atoms with E-state index in [4.69, 9.17) is 0 Å². The van der Waals surface area contributed by atoms with Crippen LogP contribution >= 0.6 is 0 Å². The van der Waals surface area contributed by atoms with Crippen molar-refractivity contribution in [2.45, 2.75) is 39.0 Å². The van der Waals surface area contributed by atoms with E-state index in [1.807, 2.05) is 16.9 Å². The molecule has 4 nitrogen and oxygen atoms in total. The number of piperidine rings is 1. The van der Waals surface area contributed by atoms with E-state index >= 15 is 0 Å². The van der Waals surface area contributed by atoms with Crippen LogP contribution in [0.25, 0.3) is 0 Å². The molecule has 0 saturated carbocycles. The number of halogens is 1. The van der Waals surface area contributed by atoms with Gasteiger partial charge < -0.3 is 5.11 Å². The molecule has 2 atom stereocenters. The first-order valence-corrected chi connectivity index (χ1v) is 8.30. The van der Waals surface area contributed by atoms with Crippen LogP contribution in [0.4, 0.5) is 4.39 Å². The molecule has 2 aromatic rings. The zero-order valence-corrected chi connectivity index (χ0v) is 13.5. The molecular weight excluding hydrogens is 293 g/mol. The van der Waals surface area contributed by atoms with Crippen molar-refractivity contribution in [1.29, 1.82) is 0 Å². The van der Waals surface area contributed by atoms with Crippen LogP contribution in [0.1, 0.15) is 24.5 Å². The minimum absolute atomic E-state index is 0.200. The Hall–Kier alpha value is -1.72. The van der Waals surface area contributed by atoms with E-state index in [0.717, 1.165) is 38.0 Å². The Morgan fingerprint density at radius 1 is 1.35 bits per heavy atom. The maximum absolute atomic E-state index is 13.3. The molecule has 3 rings (SSSR count). The zero-order chi connectivity index (χ0) is 16.2. The van der Waals surface area contributed by atoms with E-state index in [0.29, 0.717) is 6.54 Å². The summed E-state index contributed by atoms with van der Waals surface area (Å²) in [7, 11) is 0. The highest BCUT2D eigenvalue weighted by Gasteiger charge is 2.27. The smallest absolute Gasteiger partial charge is 0.123 e. The van der Waals surface area contributed by atoms with E-state index in [1.54, 1.807) is 12.1 Å². The van der Waals surface area contributed by atoms with Crippen molar-refractivity contribution in [1.82, 2.24) is 14.7 Å². The van der Waals surface area contributed by atoms with Crippen molar-refractivity contribution in [3.63, 3.8) is 0 Å². The number of likely N-dealkylation sites (tertiary alicyclic amines) is 1. The molecule has 0 aliphatic carbocycles. The maximum atomic E-state index is 13.3. The molecule has 1 aliphatic heterocycles. The molecule has 124 valence electrons. The first kappa shape index (κ1) is 16.1. The molecule has 2 heterocycles. The van der Waals surface area contributed by atoms with Crippen molar-refractivity contribution in [3.05, 3.63) is 53.6 Å². The molecule has 1 N–H and O–H groups in total. The molecule has 1 aliphatic rings. The number of β-amino-alcohol motifs (C(OH)–C–C–N with tert-alkyl or cyclic N) is 1. The highest BCUT2D eigenvalue weighted by molar-refractivity contribution is 5.17. The number of aryl methyl sites for hydroxylation is 1. The van der Waals surface area contributed by atoms with Crippen LogP contribution in [0.15, 0.2) is 36.7 Å². The molecule has 1 fully saturated rings. The molecule has 0 radical (unpaired) electrons. The SMILES string of the molecule is CCn1cc(CN2CC[C@H](Cc3cccc(F)c3)[C@H](O)C2)cn1. The normalized spacial score (nSPS) is 22.4. The first-order chi connectivity index (χ1) is 11.1. The number of hydrogen-bond donors (Lipinski definition) is 1. The number of hydrogen-bond acceptors (Lipinski definition) is 3. The van der Waals surface area contributed by atoms with Gasteiger partial charge in [0.1, 0.15) is 5.82 Å². The fourth-order valence-electron chi connectivity index (χ4n) is 3.31. The van der Waals surface area contributed by atoms with Gasteiger partial charge in [0.25, 0.3) is 0 Å². The Balaban J connectivity index is 1.54. The largest absolute Gasteiger partial charge is 0.391 e. The Bertz CT molecular complexity index is 643. The summed E-state index contributed by atoms with van der Waals surface area (Å²) in [5.74, 6) is -0.00576. The summed E-state index contributed by atoms with van der Waals surface area (Å²) < 4.78 is 15.2. The Morgan fingerprint density at radius 3 is 2.91 bits per heavy atom. The van der Waals surface area contributed by atoms with Crippen molar-refractivity contribution in [2.75, 3.05) is 13.1 Å². The minimum atomic E-state index is -0.367. The van der Waals surface area contributed by atoms with Gasteiger partial charge in [-0.25, -0.2) is 4.39 Å².